The summed E-state index contributed by atoms with van der Waals surface area (Å²) in [7, 11) is 0. The fourth-order valence-electron chi connectivity index (χ4n) is 4.14. The first-order chi connectivity index (χ1) is 13.9. The third-order valence-corrected chi connectivity index (χ3v) is 7.86. The lowest BCUT2D eigenvalue weighted by Gasteiger charge is -2.36. The third-order valence-electron chi connectivity index (χ3n) is 6.66. The molecule has 2 heterocycles. The number of anilines is 1. The van der Waals surface area contributed by atoms with Crippen molar-refractivity contribution in [1.29, 1.82) is 0 Å². The van der Waals surface area contributed by atoms with E-state index in [1.165, 1.54) is 34.2 Å². The van der Waals surface area contributed by atoms with E-state index in [-0.39, 0.29) is 0 Å². The van der Waals surface area contributed by atoms with Crippen LogP contribution in [0.5, 0.6) is 0 Å². The summed E-state index contributed by atoms with van der Waals surface area (Å²) < 4.78 is 0. The number of benzene rings is 1. The van der Waals surface area contributed by atoms with Gasteiger partial charge in [-0.15, -0.1) is 11.3 Å². The first-order valence-corrected chi connectivity index (χ1v) is 11.3. The number of nitrogens with one attached hydrogen (secondary N) is 1. The molecule has 0 fully saturated rings. The summed E-state index contributed by atoms with van der Waals surface area (Å²) in [6.45, 7) is 11.2. The minimum Gasteiger partial charge on any atom is -0.260 e. The van der Waals surface area contributed by atoms with Crippen LogP contribution in [-0.4, -0.2) is 15.7 Å². The second kappa shape index (κ2) is 7.86. The molecule has 0 saturated carbocycles. The highest BCUT2D eigenvalue weighted by atomic mass is 32.1. The molecule has 0 unspecified atom stereocenters. The number of thiophene rings is 1. The molecular weight excluding hydrogens is 376 g/mol. The average molecular weight is 407 g/mol. The van der Waals surface area contributed by atoms with Gasteiger partial charge in [-0.05, 0) is 55.6 Å². The molecule has 1 aliphatic carbocycles. The van der Waals surface area contributed by atoms with Crippen molar-refractivity contribution in [2.45, 2.75) is 60.3 Å². The van der Waals surface area contributed by atoms with Gasteiger partial charge in [0.25, 0.3) is 0 Å². The van der Waals surface area contributed by atoms with Crippen molar-refractivity contribution < 1.29 is 0 Å². The zero-order valence-corrected chi connectivity index (χ0v) is 18.9. The van der Waals surface area contributed by atoms with Gasteiger partial charge in [0.05, 0.1) is 11.1 Å². The quantitative estimate of drug-likeness (QED) is 0.395. The molecule has 152 valence electrons. The van der Waals surface area contributed by atoms with Crippen molar-refractivity contribution in [3.63, 3.8) is 0 Å². The second-order valence-corrected chi connectivity index (χ2v) is 9.95. The maximum Gasteiger partial charge on any atom is 0.158 e. The Morgan fingerprint density at radius 2 is 2.00 bits per heavy atom. The lowest BCUT2D eigenvalue weighted by Crippen LogP contribution is -2.28. The van der Waals surface area contributed by atoms with Crippen molar-refractivity contribution in [3.05, 3.63) is 52.2 Å². The number of aromatic nitrogens is 2. The molecule has 1 atom stereocenters. The molecule has 0 bridgehead atoms. The molecule has 0 saturated heterocycles. The largest absolute Gasteiger partial charge is 0.260 e. The van der Waals surface area contributed by atoms with Crippen LogP contribution in [0.1, 0.15) is 62.1 Å². The first kappa shape index (κ1) is 20.0. The Morgan fingerprint density at radius 3 is 2.72 bits per heavy atom. The minimum absolute atomic E-state index is 0.357. The molecule has 29 heavy (non-hydrogen) atoms. The second-order valence-electron chi connectivity index (χ2n) is 8.86. The topological polar surface area (TPSA) is 50.2 Å². The summed E-state index contributed by atoms with van der Waals surface area (Å²) in [5, 5.41) is 5.81. The van der Waals surface area contributed by atoms with Gasteiger partial charge in [-0.2, -0.15) is 5.10 Å². The van der Waals surface area contributed by atoms with Crippen LogP contribution in [0.15, 0.2) is 35.7 Å². The van der Waals surface area contributed by atoms with E-state index in [4.69, 9.17) is 0 Å². The molecule has 0 spiro atoms. The maximum absolute atomic E-state index is 4.64. The number of hydrazone groups is 1. The molecule has 3 aromatic rings. The Morgan fingerprint density at radius 1 is 1.24 bits per heavy atom. The molecular formula is C24H30N4S. The lowest BCUT2D eigenvalue weighted by atomic mass is 9.69. The van der Waals surface area contributed by atoms with Crippen LogP contribution in [0, 0.1) is 18.3 Å². The molecule has 0 aliphatic heterocycles. The number of hydrogen-bond donors (Lipinski definition) is 1. The molecule has 4 rings (SSSR count). The highest BCUT2D eigenvalue weighted by Gasteiger charge is 2.33. The normalized spacial score (nSPS) is 17.4. The minimum atomic E-state index is 0.357. The fraction of sp³-hybridized carbons (Fsp3) is 0.458. The van der Waals surface area contributed by atoms with E-state index in [0.717, 1.165) is 34.8 Å². The van der Waals surface area contributed by atoms with Crippen LogP contribution in [0.4, 0.5) is 5.82 Å². The standard InChI is InChI=1S/C24H30N4S/c1-6-24(4,5)18-11-12-20-19(13-18)21-22(25-14-26-23(21)29-20)28-27-16(3)17-9-7-15(2)8-10-17/h7-10,14,18H,6,11-13H2,1-5H3,(H,25,26,28)/b27-16+/t18-/m1/s1. The molecule has 1 aromatic carbocycles. The Balaban J connectivity index is 1.67. The summed E-state index contributed by atoms with van der Waals surface area (Å²) in [6, 6.07) is 8.44. The predicted octanol–water partition coefficient (Wildman–Crippen LogP) is 6.38. The van der Waals surface area contributed by atoms with Crippen molar-refractivity contribution in [2.75, 3.05) is 5.43 Å². The predicted molar refractivity (Wildman–Crippen MR) is 124 cm³/mol. The van der Waals surface area contributed by atoms with Crippen molar-refractivity contribution in [3.8, 4) is 0 Å². The van der Waals surface area contributed by atoms with Crippen molar-refractivity contribution >= 4 is 33.1 Å². The molecule has 4 nitrogen and oxygen atoms in total. The van der Waals surface area contributed by atoms with Crippen LogP contribution in [0.25, 0.3) is 10.2 Å². The van der Waals surface area contributed by atoms with E-state index in [1.807, 2.05) is 18.3 Å². The van der Waals surface area contributed by atoms with E-state index in [2.05, 4.69) is 72.5 Å². The molecule has 2 aromatic heterocycles. The molecule has 0 radical (unpaired) electrons. The number of nitrogens with zero attached hydrogens (tertiary/aromatic N) is 3. The van der Waals surface area contributed by atoms with E-state index >= 15 is 0 Å². The van der Waals surface area contributed by atoms with Crippen LogP contribution < -0.4 is 5.43 Å². The smallest absolute Gasteiger partial charge is 0.158 e. The SMILES string of the molecule is CCC(C)(C)[C@@H]1CCc2sc3ncnc(N/N=C(\C)c4ccc(C)cc4)c3c2C1. The van der Waals surface area contributed by atoms with E-state index in [1.54, 1.807) is 6.33 Å². The van der Waals surface area contributed by atoms with Gasteiger partial charge in [-0.1, -0.05) is 57.0 Å². The van der Waals surface area contributed by atoms with E-state index in [9.17, 15) is 0 Å². The zero-order valence-electron chi connectivity index (χ0n) is 18.0. The molecule has 1 N–H and O–H groups in total. The Kier molecular flexibility index (Phi) is 5.43. The van der Waals surface area contributed by atoms with Crippen LogP contribution >= 0.6 is 11.3 Å². The Labute approximate surface area is 177 Å². The van der Waals surface area contributed by atoms with Crippen LogP contribution in [0.3, 0.4) is 0 Å². The monoisotopic (exact) mass is 406 g/mol. The van der Waals surface area contributed by atoms with Crippen molar-refractivity contribution in [2.24, 2.45) is 16.4 Å². The molecule has 5 heteroatoms. The van der Waals surface area contributed by atoms with Crippen LogP contribution in [0.2, 0.25) is 0 Å². The van der Waals surface area contributed by atoms with E-state index in [0.29, 0.717) is 11.3 Å². The average Bonchev–Trinajstić information content (AvgIpc) is 3.11. The molecule has 0 amide bonds. The van der Waals surface area contributed by atoms with Gasteiger partial charge >= 0.3 is 0 Å². The highest BCUT2D eigenvalue weighted by molar-refractivity contribution is 7.19. The van der Waals surface area contributed by atoms with Gasteiger partial charge in [0.1, 0.15) is 11.2 Å². The summed E-state index contributed by atoms with van der Waals surface area (Å²) in [6.07, 6.45) is 6.38. The third kappa shape index (κ3) is 3.93. The van der Waals surface area contributed by atoms with Gasteiger partial charge < -0.3 is 0 Å². The van der Waals surface area contributed by atoms with Gasteiger partial charge in [-0.3, -0.25) is 5.43 Å². The Bertz CT molecular complexity index is 1050. The highest BCUT2D eigenvalue weighted by Crippen LogP contribution is 2.45. The number of aryl methyl sites for hydroxylation is 2. The van der Waals surface area contributed by atoms with E-state index < -0.39 is 0 Å². The number of rotatable bonds is 5. The summed E-state index contributed by atoms with van der Waals surface area (Å²) in [4.78, 5) is 11.7. The van der Waals surface area contributed by atoms with Crippen molar-refractivity contribution in [1.82, 2.24) is 9.97 Å². The summed E-state index contributed by atoms with van der Waals surface area (Å²) in [5.74, 6) is 1.53. The van der Waals surface area contributed by atoms with Gasteiger partial charge in [-0.25, -0.2) is 9.97 Å². The number of hydrogen-bond acceptors (Lipinski definition) is 5. The zero-order chi connectivity index (χ0) is 20.6. The van der Waals surface area contributed by atoms with Crippen LogP contribution in [-0.2, 0) is 12.8 Å². The first-order valence-electron chi connectivity index (χ1n) is 10.5. The number of fused-ring (bicyclic) bond motifs is 3. The van der Waals surface area contributed by atoms with Gasteiger partial charge in [0.2, 0.25) is 0 Å². The Hall–Kier alpha value is -2.27. The van der Waals surface area contributed by atoms with Gasteiger partial charge in [0, 0.05) is 4.88 Å². The fourth-order valence-corrected chi connectivity index (χ4v) is 5.33. The lowest BCUT2D eigenvalue weighted by molar-refractivity contribution is 0.184. The maximum atomic E-state index is 4.64. The summed E-state index contributed by atoms with van der Waals surface area (Å²) in [5.41, 5.74) is 8.36. The molecule has 1 aliphatic rings. The van der Waals surface area contributed by atoms with Gasteiger partial charge in [0.15, 0.2) is 5.82 Å². The summed E-state index contributed by atoms with van der Waals surface area (Å²) >= 11 is 1.83.